The van der Waals surface area contributed by atoms with Gasteiger partial charge >= 0.3 is 11.9 Å². The van der Waals surface area contributed by atoms with Gasteiger partial charge in [0.05, 0.1) is 6.61 Å². The Morgan fingerprint density at radius 1 is 0.387 bits per heavy atom. The second-order valence-corrected chi connectivity index (χ2v) is 16.5. The van der Waals surface area contributed by atoms with Gasteiger partial charge in [0.15, 0.2) is 6.10 Å². The Bertz CT molecular complexity index is 1250. The van der Waals surface area contributed by atoms with Gasteiger partial charge in [-0.25, -0.2) is 0 Å². The molecule has 0 fully saturated rings. The highest BCUT2D eigenvalue weighted by Gasteiger charge is 2.16. The maximum absolute atomic E-state index is 12.3. The van der Waals surface area contributed by atoms with Crippen LogP contribution < -0.4 is 0 Å². The third kappa shape index (κ3) is 49.2. The summed E-state index contributed by atoms with van der Waals surface area (Å²) in [6.07, 6.45) is 74.6. The van der Waals surface area contributed by atoms with E-state index < -0.39 is 6.10 Å². The molecule has 0 heterocycles. The van der Waals surface area contributed by atoms with Crippen molar-refractivity contribution in [1.29, 1.82) is 0 Å². The monoisotopic (exact) mass is 859 g/mol. The Morgan fingerprint density at radius 2 is 0.694 bits per heavy atom. The van der Waals surface area contributed by atoms with Crippen LogP contribution in [-0.4, -0.2) is 36.4 Å². The third-order valence-electron chi connectivity index (χ3n) is 10.6. The van der Waals surface area contributed by atoms with Crippen LogP contribution in [-0.2, 0) is 19.1 Å². The molecule has 0 rings (SSSR count). The lowest BCUT2D eigenvalue weighted by Gasteiger charge is -2.15. The molecule has 1 atom stereocenters. The predicted molar refractivity (Wildman–Crippen MR) is 269 cm³/mol. The number of unbranched alkanes of at least 4 members (excludes halogenated alkanes) is 19. The number of carbonyl (C=O) groups is 2. The van der Waals surface area contributed by atoms with Crippen molar-refractivity contribution in [1.82, 2.24) is 0 Å². The normalized spacial score (nSPS) is 13.1. The number of ether oxygens (including phenoxy) is 2. The van der Waals surface area contributed by atoms with Gasteiger partial charge in [0.25, 0.3) is 0 Å². The highest BCUT2D eigenvalue weighted by Crippen LogP contribution is 2.14. The largest absolute Gasteiger partial charge is 0.462 e. The molecule has 1 N–H and O–H groups in total. The van der Waals surface area contributed by atoms with Gasteiger partial charge in [0.2, 0.25) is 0 Å². The van der Waals surface area contributed by atoms with Gasteiger partial charge in [-0.05, 0) is 103 Å². The van der Waals surface area contributed by atoms with Crippen LogP contribution in [0.4, 0.5) is 0 Å². The van der Waals surface area contributed by atoms with Crippen LogP contribution in [0.25, 0.3) is 0 Å². The number of aliphatic hydroxyl groups is 1. The van der Waals surface area contributed by atoms with Crippen LogP contribution in [0.3, 0.4) is 0 Å². The van der Waals surface area contributed by atoms with Gasteiger partial charge in [-0.15, -0.1) is 0 Å². The maximum atomic E-state index is 12.3. The van der Waals surface area contributed by atoms with E-state index in [2.05, 4.69) is 123 Å². The van der Waals surface area contributed by atoms with Crippen molar-refractivity contribution < 1.29 is 24.2 Å². The van der Waals surface area contributed by atoms with Crippen molar-refractivity contribution in [3.05, 3.63) is 109 Å². The van der Waals surface area contributed by atoms with Gasteiger partial charge in [-0.2, -0.15) is 0 Å². The summed E-state index contributed by atoms with van der Waals surface area (Å²) in [5.74, 6) is -0.613. The van der Waals surface area contributed by atoms with Crippen molar-refractivity contribution in [3.63, 3.8) is 0 Å². The third-order valence-corrected chi connectivity index (χ3v) is 10.6. The van der Waals surface area contributed by atoms with Crippen LogP contribution in [0.5, 0.6) is 0 Å². The Balaban J connectivity index is 3.60. The Kier molecular flexibility index (Phi) is 49.0. The van der Waals surface area contributed by atoms with Crippen molar-refractivity contribution in [2.45, 2.75) is 225 Å². The topological polar surface area (TPSA) is 72.8 Å². The molecule has 0 amide bonds. The lowest BCUT2D eigenvalue weighted by molar-refractivity contribution is -0.161. The molecule has 0 spiro atoms. The average molecular weight is 859 g/mol. The number of carbonyl (C=O) groups excluding carboxylic acids is 2. The average Bonchev–Trinajstić information content (AvgIpc) is 3.28. The van der Waals surface area contributed by atoms with E-state index in [1.54, 1.807) is 0 Å². The van der Waals surface area contributed by atoms with Crippen molar-refractivity contribution >= 4 is 11.9 Å². The van der Waals surface area contributed by atoms with Gasteiger partial charge in [0.1, 0.15) is 6.61 Å². The molecule has 0 aliphatic heterocycles. The molecule has 0 saturated heterocycles. The lowest BCUT2D eigenvalue weighted by atomic mass is 10.1. The van der Waals surface area contributed by atoms with Crippen LogP contribution in [0.1, 0.15) is 219 Å². The fraction of sp³-hybridized carbons (Fsp3) is 0.649. The Morgan fingerprint density at radius 3 is 1.05 bits per heavy atom. The van der Waals surface area contributed by atoms with Gasteiger partial charge in [-0.1, -0.05) is 213 Å². The fourth-order valence-corrected chi connectivity index (χ4v) is 6.74. The second-order valence-electron chi connectivity index (χ2n) is 16.5. The number of hydrogen-bond acceptors (Lipinski definition) is 5. The minimum absolute atomic E-state index is 0.0786. The number of hydrogen-bond donors (Lipinski definition) is 1. The van der Waals surface area contributed by atoms with E-state index in [4.69, 9.17) is 9.47 Å². The summed E-state index contributed by atoms with van der Waals surface area (Å²) < 4.78 is 10.7. The molecular formula is C57H94O5. The van der Waals surface area contributed by atoms with Gasteiger partial charge in [0, 0.05) is 12.8 Å². The molecule has 0 aromatic rings. The summed E-state index contributed by atoms with van der Waals surface area (Å²) >= 11 is 0. The molecule has 0 aliphatic rings. The molecule has 0 aromatic heterocycles. The molecule has 352 valence electrons. The van der Waals surface area contributed by atoms with Crippen LogP contribution in [0.2, 0.25) is 0 Å². The number of allylic oxidation sites excluding steroid dienone is 18. The standard InChI is InChI=1S/C57H94O5/c1-3-5-7-9-11-13-15-17-19-21-23-24-25-26-27-28-29-30-31-32-34-36-38-40-42-44-46-48-50-52-57(60)62-55(53-58)54-61-56(59)51-49-47-45-43-41-39-37-35-33-22-20-18-16-14-12-10-8-6-4-2/h5,7,11-14,17-20,23-24,26-27,29-30,32,34,55,58H,3-4,6,8-10,15-16,21-22,25,28,31,33,35-54H2,1-2H3/b7-5-,13-11-,14-12-,19-17-,20-18-,24-23-,27-26-,30-29-,34-32-. The first-order valence-electron chi connectivity index (χ1n) is 25.4. The van der Waals surface area contributed by atoms with E-state index >= 15 is 0 Å². The van der Waals surface area contributed by atoms with Crippen LogP contribution >= 0.6 is 0 Å². The van der Waals surface area contributed by atoms with E-state index in [1.807, 2.05) is 0 Å². The number of rotatable bonds is 45. The minimum atomic E-state index is -0.788. The van der Waals surface area contributed by atoms with Crippen molar-refractivity contribution in [3.8, 4) is 0 Å². The Hall–Kier alpha value is -3.44. The first kappa shape index (κ1) is 58.6. The van der Waals surface area contributed by atoms with E-state index in [1.165, 1.54) is 96.3 Å². The first-order chi connectivity index (χ1) is 30.6. The number of aliphatic hydroxyl groups excluding tert-OH is 1. The molecule has 0 bridgehead atoms. The lowest BCUT2D eigenvalue weighted by Crippen LogP contribution is -2.28. The fourth-order valence-electron chi connectivity index (χ4n) is 6.74. The minimum Gasteiger partial charge on any atom is -0.462 e. The van der Waals surface area contributed by atoms with E-state index in [9.17, 15) is 14.7 Å². The van der Waals surface area contributed by atoms with Crippen LogP contribution in [0.15, 0.2) is 109 Å². The molecule has 0 saturated carbocycles. The SMILES string of the molecule is CC/C=C\C/C=C\C/C=C\C/C=C\C/C=C\C/C=C\C/C=C\CCCCCCCCCC(=O)OC(CO)COC(=O)CCCCCCCCCCC/C=C\C/C=C\CCCCC. The molecule has 0 aromatic carbocycles. The van der Waals surface area contributed by atoms with Gasteiger partial charge in [-0.3, -0.25) is 9.59 Å². The summed E-state index contributed by atoms with van der Waals surface area (Å²) in [7, 11) is 0. The molecule has 5 nitrogen and oxygen atoms in total. The van der Waals surface area contributed by atoms with E-state index in [0.29, 0.717) is 12.8 Å². The summed E-state index contributed by atoms with van der Waals surface area (Å²) in [4.78, 5) is 24.5. The molecule has 5 heteroatoms. The van der Waals surface area contributed by atoms with E-state index in [-0.39, 0.29) is 25.2 Å². The first-order valence-corrected chi connectivity index (χ1v) is 25.4. The van der Waals surface area contributed by atoms with Crippen molar-refractivity contribution in [2.75, 3.05) is 13.2 Å². The highest BCUT2D eigenvalue weighted by atomic mass is 16.6. The molecule has 62 heavy (non-hydrogen) atoms. The summed E-state index contributed by atoms with van der Waals surface area (Å²) in [5, 5.41) is 9.63. The summed E-state index contributed by atoms with van der Waals surface area (Å²) in [5.41, 5.74) is 0. The zero-order valence-electron chi connectivity index (χ0n) is 40.1. The maximum Gasteiger partial charge on any atom is 0.306 e. The quantitative estimate of drug-likeness (QED) is 0.0375. The van der Waals surface area contributed by atoms with E-state index in [0.717, 1.165) is 96.3 Å². The van der Waals surface area contributed by atoms with Crippen molar-refractivity contribution in [2.24, 2.45) is 0 Å². The molecule has 1 unspecified atom stereocenters. The van der Waals surface area contributed by atoms with Crippen LogP contribution in [0, 0.1) is 0 Å². The zero-order valence-corrected chi connectivity index (χ0v) is 40.1. The number of esters is 2. The molecule has 0 radical (unpaired) electrons. The Labute approximate surface area is 382 Å². The zero-order chi connectivity index (χ0) is 44.9. The molecule has 0 aliphatic carbocycles. The second kappa shape index (κ2) is 51.9. The highest BCUT2D eigenvalue weighted by molar-refractivity contribution is 5.70. The summed E-state index contributed by atoms with van der Waals surface area (Å²) in [6, 6.07) is 0. The predicted octanol–water partition coefficient (Wildman–Crippen LogP) is 17.0. The van der Waals surface area contributed by atoms with Gasteiger partial charge < -0.3 is 14.6 Å². The molecular weight excluding hydrogens is 765 g/mol. The summed E-state index contributed by atoms with van der Waals surface area (Å²) in [6.45, 7) is 3.99. The smallest absolute Gasteiger partial charge is 0.306 e.